The molecule has 0 saturated heterocycles. The normalized spacial score (nSPS) is 23.7. The molecule has 2 aromatic carbocycles. The molecule has 1 heteroatoms. The van der Waals surface area contributed by atoms with E-state index in [1.54, 1.807) is 5.56 Å². The van der Waals surface area contributed by atoms with Gasteiger partial charge in [-0.1, -0.05) is 61.7 Å². The van der Waals surface area contributed by atoms with Gasteiger partial charge in [0.15, 0.2) is 6.20 Å². The van der Waals surface area contributed by atoms with Crippen LogP contribution in [0.5, 0.6) is 0 Å². The highest BCUT2D eigenvalue weighted by Gasteiger charge is 2.37. The molecule has 142 valence electrons. The van der Waals surface area contributed by atoms with Crippen LogP contribution in [0, 0.1) is 18.8 Å². The van der Waals surface area contributed by atoms with Gasteiger partial charge in [-0.2, -0.15) is 0 Å². The molecule has 0 bridgehead atoms. The number of benzene rings is 2. The molecule has 2 aliphatic rings. The van der Waals surface area contributed by atoms with Crippen LogP contribution < -0.4 is 4.57 Å². The molecule has 2 saturated carbocycles. The number of aryl methyl sites for hydroxylation is 2. The molecule has 3 aromatic rings. The summed E-state index contributed by atoms with van der Waals surface area (Å²) in [5, 5.41) is 0. The summed E-state index contributed by atoms with van der Waals surface area (Å²) in [5.41, 5.74) is 8.06. The molecule has 0 aliphatic heterocycles. The van der Waals surface area contributed by atoms with Crippen molar-refractivity contribution >= 4 is 0 Å². The lowest BCUT2D eigenvalue weighted by Gasteiger charge is -2.13. The van der Waals surface area contributed by atoms with Gasteiger partial charge >= 0.3 is 0 Å². The van der Waals surface area contributed by atoms with E-state index >= 15 is 0 Å². The van der Waals surface area contributed by atoms with Gasteiger partial charge in [0, 0.05) is 17.7 Å². The van der Waals surface area contributed by atoms with Crippen LogP contribution in [0.25, 0.3) is 22.4 Å². The Labute approximate surface area is 169 Å². The van der Waals surface area contributed by atoms with Crippen LogP contribution in [0.3, 0.4) is 0 Å². The number of hydrogen-bond donors (Lipinski definition) is 0. The number of aromatic nitrogens is 1. The Kier molecular flexibility index (Phi) is 4.55. The van der Waals surface area contributed by atoms with Crippen molar-refractivity contribution in [3.05, 3.63) is 78.0 Å². The predicted molar refractivity (Wildman–Crippen MR) is 116 cm³/mol. The van der Waals surface area contributed by atoms with Crippen LogP contribution in [-0.4, -0.2) is 0 Å². The second-order valence-electron chi connectivity index (χ2n) is 8.97. The minimum Gasteiger partial charge on any atom is -0.201 e. The fraction of sp³-hybridized carbons (Fsp3) is 0.370. The van der Waals surface area contributed by atoms with Crippen molar-refractivity contribution < 1.29 is 4.57 Å². The number of hydrogen-bond acceptors (Lipinski definition) is 0. The van der Waals surface area contributed by atoms with Crippen LogP contribution in [-0.2, 0) is 7.05 Å². The smallest absolute Gasteiger partial charge is 0.201 e. The summed E-state index contributed by atoms with van der Waals surface area (Å²) in [5.74, 6) is 2.81. The number of fused-ring (bicyclic) bond motifs is 1. The Morgan fingerprint density at radius 2 is 1.54 bits per heavy atom. The number of pyridine rings is 1. The molecular formula is C27H30N+. The van der Waals surface area contributed by atoms with Gasteiger partial charge in [0.25, 0.3) is 0 Å². The average Bonchev–Trinajstić information content (AvgIpc) is 3.32. The van der Waals surface area contributed by atoms with Gasteiger partial charge in [-0.15, -0.1) is 0 Å². The molecule has 1 nitrogen and oxygen atoms in total. The predicted octanol–water partition coefficient (Wildman–Crippen LogP) is 6.45. The molecule has 0 spiro atoms. The Balaban J connectivity index is 1.42. The summed E-state index contributed by atoms with van der Waals surface area (Å²) in [6, 6.07) is 22.7. The number of nitrogens with zero attached hydrogens (tertiary/aromatic N) is 1. The highest BCUT2D eigenvalue weighted by molar-refractivity contribution is 5.70. The van der Waals surface area contributed by atoms with Crippen molar-refractivity contribution in [3.8, 4) is 22.4 Å². The topological polar surface area (TPSA) is 3.88 Å². The van der Waals surface area contributed by atoms with Gasteiger partial charge in [0.2, 0.25) is 5.69 Å². The van der Waals surface area contributed by atoms with Crippen LogP contribution >= 0.6 is 0 Å². The maximum absolute atomic E-state index is 2.39. The molecule has 1 unspecified atom stereocenters. The van der Waals surface area contributed by atoms with Gasteiger partial charge in [0.05, 0.1) is 0 Å². The lowest BCUT2D eigenvalue weighted by molar-refractivity contribution is -0.660. The van der Waals surface area contributed by atoms with Crippen molar-refractivity contribution in [2.45, 2.75) is 44.9 Å². The SMILES string of the molecule is Cc1ccccc1-c1cc(-c2ccc(C3C[C@H]4CCC[C@H]4C3)cc2)cc[n+]1C. The van der Waals surface area contributed by atoms with E-state index in [9.17, 15) is 0 Å². The molecule has 2 fully saturated rings. The highest BCUT2D eigenvalue weighted by atomic mass is 14.9. The van der Waals surface area contributed by atoms with Crippen LogP contribution in [0.4, 0.5) is 0 Å². The fourth-order valence-electron chi connectivity index (χ4n) is 5.66. The van der Waals surface area contributed by atoms with Gasteiger partial charge in [-0.3, -0.25) is 0 Å². The quantitative estimate of drug-likeness (QED) is 0.468. The zero-order chi connectivity index (χ0) is 19.1. The van der Waals surface area contributed by atoms with Crippen molar-refractivity contribution in [3.63, 3.8) is 0 Å². The van der Waals surface area contributed by atoms with E-state index in [0.29, 0.717) is 0 Å². The van der Waals surface area contributed by atoms with Gasteiger partial charge < -0.3 is 0 Å². The van der Waals surface area contributed by atoms with E-state index in [-0.39, 0.29) is 0 Å². The van der Waals surface area contributed by atoms with Crippen molar-refractivity contribution in [1.29, 1.82) is 0 Å². The summed E-state index contributed by atoms with van der Waals surface area (Å²) in [4.78, 5) is 0. The molecule has 2 aliphatic carbocycles. The minimum atomic E-state index is 0.792. The van der Waals surface area contributed by atoms with Crippen molar-refractivity contribution in [2.75, 3.05) is 0 Å². The summed E-state index contributed by atoms with van der Waals surface area (Å²) >= 11 is 0. The average molecular weight is 369 g/mol. The van der Waals surface area contributed by atoms with Crippen molar-refractivity contribution in [2.24, 2.45) is 18.9 Å². The summed E-state index contributed by atoms with van der Waals surface area (Å²) in [6.07, 6.45) is 9.44. The van der Waals surface area contributed by atoms with E-state index < -0.39 is 0 Å². The maximum atomic E-state index is 2.39. The van der Waals surface area contributed by atoms with Gasteiger partial charge in [-0.25, -0.2) is 4.57 Å². The molecule has 1 aromatic heterocycles. The highest BCUT2D eigenvalue weighted by Crippen LogP contribution is 2.50. The molecule has 28 heavy (non-hydrogen) atoms. The Morgan fingerprint density at radius 3 is 2.25 bits per heavy atom. The first-order valence-electron chi connectivity index (χ1n) is 10.8. The second-order valence-corrected chi connectivity index (χ2v) is 8.97. The van der Waals surface area contributed by atoms with Crippen molar-refractivity contribution in [1.82, 2.24) is 0 Å². The van der Waals surface area contributed by atoms with Crippen LogP contribution in [0.1, 0.15) is 49.1 Å². The van der Waals surface area contributed by atoms with E-state index in [0.717, 1.165) is 17.8 Å². The van der Waals surface area contributed by atoms with E-state index in [4.69, 9.17) is 0 Å². The molecule has 0 N–H and O–H groups in total. The van der Waals surface area contributed by atoms with E-state index in [1.165, 1.54) is 60.1 Å². The first-order valence-corrected chi connectivity index (χ1v) is 10.8. The third-order valence-electron chi connectivity index (χ3n) is 7.28. The monoisotopic (exact) mass is 368 g/mol. The molecule has 0 amide bonds. The second kappa shape index (κ2) is 7.20. The lowest BCUT2D eigenvalue weighted by atomic mass is 9.92. The maximum Gasteiger partial charge on any atom is 0.213 e. The first kappa shape index (κ1) is 17.7. The van der Waals surface area contributed by atoms with Gasteiger partial charge in [0.1, 0.15) is 7.05 Å². The zero-order valence-corrected chi connectivity index (χ0v) is 17.1. The van der Waals surface area contributed by atoms with Crippen LogP contribution in [0.2, 0.25) is 0 Å². The summed E-state index contributed by atoms with van der Waals surface area (Å²) in [6.45, 7) is 2.19. The number of rotatable bonds is 3. The first-order chi connectivity index (χ1) is 13.7. The molecular weight excluding hydrogens is 338 g/mol. The molecule has 0 radical (unpaired) electrons. The Bertz CT molecular complexity index is 973. The molecule has 1 heterocycles. The standard InChI is InChI=1S/C27H30N/c1-19-6-3-4-9-26(19)27-18-24(14-15-28(27)2)20-10-12-21(13-11-20)25-16-22-7-5-8-23(22)17-25/h3-4,6,9-15,18,22-23,25H,5,7-8,16-17H2,1-2H3/q+1/t22-,23+,25?. The third kappa shape index (κ3) is 3.17. The molecule has 3 atom stereocenters. The largest absolute Gasteiger partial charge is 0.213 e. The van der Waals surface area contributed by atoms with E-state index in [2.05, 4.69) is 85.4 Å². The van der Waals surface area contributed by atoms with E-state index in [1.807, 2.05) is 0 Å². The minimum absolute atomic E-state index is 0.792. The summed E-state index contributed by atoms with van der Waals surface area (Å²) in [7, 11) is 2.13. The lowest BCUT2D eigenvalue weighted by Crippen LogP contribution is -2.30. The molecule has 5 rings (SSSR count). The fourth-order valence-corrected chi connectivity index (χ4v) is 5.66. The zero-order valence-electron chi connectivity index (χ0n) is 17.1. The Morgan fingerprint density at radius 1 is 0.821 bits per heavy atom. The van der Waals surface area contributed by atoms with Gasteiger partial charge in [-0.05, 0) is 65.8 Å². The van der Waals surface area contributed by atoms with Crippen LogP contribution in [0.15, 0.2) is 66.9 Å². The Hall–Kier alpha value is -2.41. The third-order valence-corrected chi connectivity index (χ3v) is 7.28. The summed E-state index contributed by atoms with van der Waals surface area (Å²) < 4.78 is 2.22.